The van der Waals surface area contributed by atoms with Gasteiger partial charge in [-0.15, -0.1) is 0 Å². The van der Waals surface area contributed by atoms with Crippen molar-refractivity contribution in [1.82, 2.24) is 0 Å². The second kappa shape index (κ2) is 4.43. The number of fused-ring (bicyclic) bond motifs is 5. The fraction of sp³-hybridized carbons (Fsp3) is 0.882. The minimum Gasteiger partial charge on any atom is -0.299 e. The molecule has 4 fully saturated rings. The molecule has 0 aliphatic heterocycles. The van der Waals surface area contributed by atoms with E-state index in [1.54, 1.807) is 0 Å². The summed E-state index contributed by atoms with van der Waals surface area (Å²) in [7, 11) is 0. The summed E-state index contributed by atoms with van der Waals surface area (Å²) in [4.78, 5) is 24.6. The van der Waals surface area contributed by atoms with E-state index in [0.717, 1.165) is 18.8 Å². The molecule has 104 valence electrons. The summed E-state index contributed by atoms with van der Waals surface area (Å²) in [5.41, 5.74) is 0. The fourth-order valence-electron chi connectivity index (χ4n) is 5.99. The Hall–Kier alpha value is -0.660. The first-order valence-electron chi connectivity index (χ1n) is 8.31. The molecule has 4 aliphatic rings. The van der Waals surface area contributed by atoms with E-state index in [9.17, 15) is 9.59 Å². The van der Waals surface area contributed by atoms with E-state index in [4.69, 9.17) is 0 Å². The normalized spacial score (nSPS) is 49.5. The van der Waals surface area contributed by atoms with E-state index >= 15 is 0 Å². The van der Waals surface area contributed by atoms with Gasteiger partial charge in [-0.05, 0) is 49.4 Å². The lowest BCUT2D eigenvalue weighted by molar-refractivity contribution is -0.142. The Morgan fingerprint density at radius 3 is 2.47 bits per heavy atom. The molecule has 6 unspecified atom stereocenters. The van der Waals surface area contributed by atoms with Gasteiger partial charge in [0.1, 0.15) is 11.6 Å². The molecule has 19 heavy (non-hydrogen) atoms. The molecule has 4 rings (SSSR count). The van der Waals surface area contributed by atoms with Crippen molar-refractivity contribution < 1.29 is 9.59 Å². The van der Waals surface area contributed by atoms with Crippen LogP contribution >= 0.6 is 0 Å². The SMILES string of the molecule is O=C1CCC2C1CC(=O)C1C3CCCCC3CCC21. The summed E-state index contributed by atoms with van der Waals surface area (Å²) < 4.78 is 0. The van der Waals surface area contributed by atoms with Crippen molar-refractivity contribution in [3.05, 3.63) is 0 Å². The van der Waals surface area contributed by atoms with Gasteiger partial charge < -0.3 is 0 Å². The highest BCUT2D eigenvalue weighted by Gasteiger charge is 2.54. The van der Waals surface area contributed by atoms with Crippen LogP contribution < -0.4 is 0 Å². The van der Waals surface area contributed by atoms with Gasteiger partial charge in [0.2, 0.25) is 0 Å². The molecule has 0 saturated heterocycles. The maximum atomic E-state index is 12.6. The maximum Gasteiger partial charge on any atom is 0.137 e. The molecule has 6 atom stereocenters. The molecule has 0 radical (unpaired) electrons. The highest BCUT2D eigenvalue weighted by Crippen LogP contribution is 2.55. The third-order valence-electron chi connectivity index (χ3n) is 6.76. The molecular formula is C17H24O2. The van der Waals surface area contributed by atoms with E-state index in [1.807, 2.05) is 0 Å². The zero-order chi connectivity index (χ0) is 13.0. The second-order valence-corrected chi connectivity index (χ2v) is 7.42. The van der Waals surface area contributed by atoms with Crippen LogP contribution in [0.1, 0.15) is 57.8 Å². The van der Waals surface area contributed by atoms with Crippen molar-refractivity contribution in [3.63, 3.8) is 0 Å². The van der Waals surface area contributed by atoms with Gasteiger partial charge in [0.15, 0.2) is 0 Å². The molecule has 2 nitrogen and oxygen atoms in total. The Morgan fingerprint density at radius 1 is 0.737 bits per heavy atom. The first kappa shape index (κ1) is 12.1. The van der Waals surface area contributed by atoms with Gasteiger partial charge in [-0.25, -0.2) is 0 Å². The summed E-state index contributed by atoms with van der Waals surface area (Å²) in [6.07, 6.45) is 10.3. The minimum absolute atomic E-state index is 0.119. The predicted molar refractivity (Wildman–Crippen MR) is 72.5 cm³/mol. The Kier molecular flexibility index (Phi) is 2.82. The van der Waals surface area contributed by atoms with E-state index in [2.05, 4.69) is 0 Å². The quantitative estimate of drug-likeness (QED) is 0.669. The van der Waals surface area contributed by atoms with Crippen molar-refractivity contribution in [2.75, 3.05) is 0 Å². The number of rotatable bonds is 0. The average molecular weight is 260 g/mol. The summed E-state index contributed by atoms with van der Waals surface area (Å²) in [5, 5.41) is 0. The number of carbonyl (C=O) groups excluding carboxylic acids is 2. The number of ketones is 2. The monoisotopic (exact) mass is 260 g/mol. The third-order valence-corrected chi connectivity index (χ3v) is 6.76. The standard InChI is InChI=1S/C17H24O2/c18-15-8-7-12-13-6-5-10-3-1-2-4-11(10)17(13)16(19)9-14(12)15/h10-14,17H,1-9H2. The smallest absolute Gasteiger partial charge is 0.137 e. The number of carbonyl (C=O) groups is 2. The summed E-state index contributed by atoms with van der Waals surface area (Å²) in [5.74, 6) is 3.94. The Bertz CT molecular complexity index is 413. The van der Waals surface area contributed by atoms with Gasteiger partial charge in [0, 0.05) is 24.7 Å². The van der Waals surface area contributed by atoms with Gasteiger partial charge in [-0.3, -0.25) is 9.59 Å². The van der Waals surface area contributed by atoms with Crippen LogP contribution in [0.2, 0.25) is 0 Å². The summed E-state index contributed by atoms with van der Waals surface area (Å²) >= 11 is 0. The van der Waals surface area contributed by atoms with E-state index < -0.39 is 0 Å². The lowest BCUT2D eigenvalue weighted by Crippen LogP contribution is -2.48. The van der Waals surface area contributed by atoms with Crippen LogP contribution in [0.25, 0.3) is 0 Å². The number of hydrogen-bond donors (Lipinski definition) is 0. The molecule has 4 aliphatic carbocycles. The predicted octanol–water partition coefficient (Wildman–Crippen LogP) is 3.39. The molecule has 2 heteroatoms. The maximum absolute atomic E-state index is 12.6. The molecule has 4 saturated carbocycles. The van der Waals surface area contributed by atoms with Crippen LogP contribution in [0.5, 0.6) is 0 Å². The summed E-state index contributed by atoms with van der Waals surface area (Å²) in [6.45, 7) is 0. The van der Waals surface area contributed by atoms with Gasteiger partial charge in [0.25, 0.3) is 0 Å². The summed E-state index contributed by atoms with van der Waals surface area (Å²) in [6, 6.07) is 0. The van der Waals surface area contributed by atoms with Gasteiger partial charge >= 0.3 is 0 Å². The zero-order valence-corrected chi connectivity index (χ0v) is 11.6. The lowest BCUT2D eigenvalue weighted by atomic mass is 9.53. The van der Waals surface area contributed by atoms with E-state index in [1.165, 1.54) is 38.5 Å². The lowest BCUT2D eigenvalue weighted by Gasteiger charge is -2.50. The second-order valence-electron chi connectivity index (χ2n) is 7.42. The van der Waals surface area contributed by atoms with Crippen molar-refractivity contribution in [2.45, 2.75) is 57.8 Å². The van der Waals surface area contributed by atoms with Crippen molar-refractivity contribution in [1.29, 1.82) is 0 Å². The Balaban J connectivity index is 1.64. The Morgan fingerprint density at radius 2 is 1.58 bits per heavy atom. The highest BCUT2D eigenvalue weighted by molar-refractivity contribution is 5.92. The molecule has 0 heterocycles. The highest BCUT2D eigenvalue weighted by atomic mass is 16.1. The van der Waals surface area contributed by atoms with Crippen molar-refractivity contribution in [2.24, 2.45) is 35.5 Å². The van der Waals surface area contributed by atoms with Crippen LogP contribution in [-0.2, 0) is 9.59 Å². The van der Waals surface area contributed by atoms with Gasteiger partial charge in [0.05, 0.1) is 0 Å². The molecular weight excluding hydrogens is 236 g/mol. The largest absolute Gasteiger partial charge is 0.299 e. The van der Waals surface area contributed by atoms with E-state index in [0.29, 0.717) is 41.7 Å². The third kappa shape index (κ3) is 1.75. The van der Waals surface area contributed by atoms with Crippen molar-refractivity contribution >= 4 is 11.6 Å². The molecule has 0 N–H and O–H groups in total. The van der Waals surface area contributed by atoms with Crippen LogP contribution in [0.4, 0.5) is 0 Å². The van der Waals surface area contributed by atoms with Crippen molar-refractivity contribution in [3.8, 4) is 0 Å². The Labute approximate surface area is 115 Å². The van der Waals surface area contributed by atoms with Gasteiger partial charge in [-0.1, -0.05) is 19.3 Å². The number of hydrogen-bond acceptors (Lipinski definition) is 2. The first-order valence-corrected chi connectivity index (χ1v) is 8.31. The van der Waals surface area contributed by atoms with Crippen LogP contribution in [-0.4, -0.2) is 11.6 Å². The molecule has 0 bridgehead atoms. The molecule has 0 aromatic heterocycles. The van der Waals surface area contributed by atoms with Gasteiger partial charge in [-0.2, -0.15) is 0 Å². The average Bonchev–Trinajstić information content (AvgIpc) is 2.80. The molecule has 0 aromatic carbocycles. The fourth-order valence-corrected chi connectivity index (χ4v) is 5.99. The van der Waals surface area contributed by atoms with Crippen LogP contribution in [0.15, 0.2) is 0 Å². The number of Topliss-reactive ketones (excluding diaryl/α,β-unsaturated/α-hetero) is 2. The van der Waals surface area contributed by atoms with E-state index in [-0.39, 0.29) is 5.92 Å². The molecule has 0 amide bonds. The molecule has 0 spiro atoms. The minimum atomic E-state index is 0.119. The zero-order valence-electron chi connectivity index (χ0n) is 11.6. The topological polar surface area (TPSA) is 34.1 Å². The van der Waals surface area contributed by atoms with Crippen LogP contribution in [0.3, 0.4) is 0 Å². The van der Waals surface area contributed by atoms with Crippen LogP contribution in [0, 0.1) is 35.5 Å². The first-order chi connectivity index (χ1) is 9.25. The molecule has 0 aromatic rings.